The molecule has 0 aromatic heterocycles. The quantitative estimate of drug-likeness (QED) is 0.549. The Balaban J connectivity index is 2.25. The van der Waals surface area contributed by atoms with Crippen molar-refractivity contribution in [3.63, 3.8) is 0 Å². The summed E-state index contributed by atoms with van der Waals surface area (Å²) in [6.45, 7) is -0.446. The molecule has 1 saturated heterocycles. The molecule has 1 heterocycles. The summed E-state index contributed by atoms with van der Waals surface area (Å²) < 4.78 is 5.13. The molecule has 0 spiro atoms. The lowest BCUT2D eigenvalue weighted by atomic mass is 10.1. The van der Waals surface area contributed by atoms with Crippen molar-refractivity contribution in [1.82, 2.24) is 10.6 Å². The molecule has 0 atom stereocenters. The van der Waals surface area contributed by atoms with E-state index < -0.39 is 12.6 Å². The van der Waals surface area contributed by atoms with Gasteiger partial charge >= 0.3 is 5.97 Å². The van der Waals surface area contributed by atoms with E-state index in [0.29, 0.717) is 11.3 Å². The van der Waals surface area contributed by atoms with Crippen LogP contribution in [0.5, 0.6) is 5.75 Å². The summed E-state index contributed by atoms with van der Waals surface area (Å²) in [5.41, 5.74) is 0.877. The third kappa shape index (κ3) is 3.29. The first kappa shape index (κ1) is 13.0. The van der Waals surface area contributed by atoms with Crippen molar-refractivity contribution >= 4 is 35.3 Å². The van der Waals surface area contributed by atoms with Crippen LogP contribution in [0.3, 0.4) is 0 Å². The van der Waals surface area contributed by atoms with Crippen molar-refractivity contribution in [2.75, 3.05) is 6.61 Å². The van der Waals surface area contributed by atoms with E-state index in [-0.39, 0.29) is 16.7 Å². The summed E-state index contributed by atoms with van der Waals surface area (Å²) in [5.74, 6) is -1.02. The summed E-state index contributed by atoms with van der Waals surface area (Å²) in [7, 11) is 0. The highest BCUT2D eigenvalue weighted by Gasteiger charge is 2.20. The fraction of sp³-hybridized carbons (Fsp3) is 0.0833. The minimum absolute atomic E-state index is 0.236. The van der Waals surface area contributed by atoms with E-state index in [1.807, 2.05) is 0 Å². The number of nitrogens with one attached hydrogen (secondary N) is 2. The maximum atomic E-state index is 11.5. The zero-order chi connectivity index (χ0) is 13.8. The van der Waals surface area contributed by atoms with E-state index in [4.69, 9.17) is 22.1 Å². The molecule has 1 aliphatic rings. The van der Waals surface area contributed by atoms with Gasteiger partial charge in [0.15, 0.2) is 11.7 Å². The van der Waals surface area contributed by atoms with Crippen LogP contribution in [-0.4, -0.2) is 28.7 Å². The molecule has 3 N–H and O–H groups in total. The Morgan fingerprint density at radius 2 is 2.11 bits per heavy atom. The Morgan fingerprint density at radius 1 is 1.37 bits per heavy atom. The minimum Gasteiger partial charge on any atom is -0.481 e. The lowest BCUT2D eigenvalue weighted by molar-refractivity contribution is -0.139. The van der Waals surface area contributed by atoms with Crippen LogP contribution in [0.4, 0.5) is 0 Å². The molecule has 0 aliphatic carbocycles. The number of hydrogen-bond acceptors (Lipinski definition) is 4. The largest absolute Gasteiger partial charge is 0.481 e. The second-order valence-corrected chi connectivity index (χ2v) is 4.09. The molecule has 19 heavy (non-hydrogen) atoms. The van der Waals surface area contributed by atoms with Crippen LogP contribution < -0.4 is 15.4 Å². The van der Waals surface area contributed by atoms with E-state index in [2.05, 4.69) is 10.6 Å². The molecule has 1 fully saturated rings. The number of carboxylic acid groups (broad SMARTS) is 1. The molecule has 1 aromatic rings. The van der Waals surface area contributed by atoms with Crippen LogP contribution in [-0.2, 0) is 9.59 Å². The molecule has 0 radical (unpaired) electrons. The predicted octanol–water partition coefficient (Wildman–Crippen LogP) is 0.495. The summed E-state index contributed by atoms with van der Waals surface area (Å²) in [5, 5.41) is 14.0. The van der Waals surface area contributed by atoms with Crippen LogP contribution in [0, 0.1) is 0 Å². The monoisotopic (exact) mass is 278 g/mol. The molecule has 1 aliphatic heterocycles. The highest BCUT2D eigenvalue weighted by Crippen LogP contribution is 2.21. The van der Waals surface area contributed by atoms with Crippen molar-refractivity contribution < 1.29 is 19.4 Å². The Morgan fingerprint density at radius 3 is 2.74 bits per heavy atom. The molecule has 6 nitrogen and oxygen atoms in total. The van der Waals surface area contributed by atoms with E-state index >= 15 is 0 Å². The lowest BCUT2D eigenvalue weighted by Gasteiger charge is -2.07. The summed E-state index contributed by atoms with van der Waals surface area (Å²) in [6.07, 6.45) is 1.55. The SMILES string of the molecule is O=C(O)COc1ccccc1/C=C1/NC(=S)NC1=O. The number of thiocarbonyl (C=S) groups is 1. The molecule has 7 heteroatoms. The lowest BCUT2D eigenvalue weighted by Crippen LogP contribution is -2.21. The van der Waals surface area contributed by atoms with E-state index in [0.717, 1.165) is 0 Å². The summed E-state index contributed by atoms with van der Waals surface area (Å²) in [4.78, 5) is 22.0. The van der Waals surface area contributed by atoms with Crippen LogP contribution in [0.15, 0.2) is 30.0 Å². The Hall–Kier alpha value is -2.41. The van der Waals surface area contributed by atoms with Gasteiger partial charge in [-0.25, -0.2) is 4.79 Å². The van der Waals surface area contributed by atoms with Crippen molar-refractivity contribution in [2.24, 2.45) is 0 Å². The number of benzene rings is 1. The zero-order valence-corrected chi connectivity index (χ0v) is 10.5. The maximum Gasteiger partial charge on any atom is 0.341 e. The predicted molar refractivity (Wildman–Crippen MR) is 71.4 cm³/mol. The number of para-hydroxylation sites is 1. The Labute approximate surface area is 114 Å². The first-order valence-corrected chi connectivity index (χ1v) is 5.75. The zero-order valence-electron chi connectivity index (χ0n) is 9.67. The number of carbonyl (C=O) groups excluding carboxylic acids is 1. The van der Waals surface area contributed by atoms with E-state index in [1.54, 1.807) is 30.3 Å². The number of ether oxygens (including phenoxy) is 1. The topological polar surface area (TPSA) is 87.7 Å². The fourth-order valence-corrected chi connectivity index (χ4v) is 1.71. The summed E-state index contributed by atoms with van der Waals surface area (Å²) in [6, 6.07) is 6.80. The molecule has 0 bridgehead atoms. The molecule has 98 valence electrons. The number of rotatable bonds is 4. The van der Waals surface area contributed by atoms with Gasteiger partial charge in [0.2, 0.25) is 0 Å². The first-order chi connectivity index (χ1) is 9.06. The molecular formula is C12H10N2O4S. The molecule has 2 rings (SSSR count). The molecular weight excluding hydrogens is 268 g/mol. The first-order valence-electron chi connectivity index (χ1n) is 5.34. The standard InChI is InChI=1S/C12H10N2O4S/c15-10(16)6-18-9-4-2-1-3-7(9)5-8-11(17)14-12(19)13-8/h1-5H,6H2,(H,15,16)(H2,13,14,17,19)/b8-5+. The number of amides is 1. The highest BCUT2D eigenvalue weighted by molar-refractivity contribution is 7.80. The van der Waals surface area contributed by atoms with E-state index in [9.17, 15) is 9.59 Å². The van der Waals surface area contributed by atoms with Gasteiger partial charge < -0.3 is 15.2 Å². The summed E-state index contributed by atoms with van der Waals surface area (Å²) >= 11 is 4.81. The average Bonchev–Trinajstić information content (AvgIpc) is 2.67. The second-order valence-electron chi connectivity index (χ2n) is 3.69. The number of aliphatic carboxylic acids is 1. The highest BCUT2D eigenvalue weighted by atomic mass is 32.1. The van der Waals surface area contributed by atoms with Crippen LogP contribution in [0.25, 0.3) is 6.08 Å². The number of carbonyl (C=O) groups is 2. The van der Waals surface area contributed by atoms with Crippen molar-refractivity contribution in [3.05, 3.63) is 35.5 Å². The Kier molecular flexibility index (Phi) is 3.76. The maximum absolute atomic E-state index is 11.5. The van der Waals surface area contributed by atoms with E-state index in [1.165, 1.54) is 0 Å². The Bertz CT molecular complexity index is 583. The van der Waals surface area contributed by atoms with Gasteiger partial charge in [-0.05, 0) is 24.4 Å². The van der Waals surface area contributed by atoms with Crippen LogP contribution in [0.1, 0.15) is 5.56 Å². The molecule has 0 unspecified atom stereocenters. The van der Waals surface area contributed by atoms with Crippen molar-refractivity contribution in [3.8, 4) is 5.75 Å². The van der Waals surface area contributed by atoms with Gasteiger partial charge in [0.1, 0.15) is 11.4 Å². The van der Waals surface area contributed by atoms with Crippen molar-refractivity contribution in [2.45, 2.75) is 0 Å². The van der Waals surface area contributed by atoms with Gasteiger partial charge in [-0.3, -0.25) is 10.1 Å². The van der Waals surface area contributed by atoms with Crippen LogP contribution in [0.2, 0.25) is 0 Å². The van der Waals surface area contributed by atoms with Crippen LogP contribution >= 0.6 is 12.2 Å². The fourth-order valence-electron chi connectivity index (χ4n) is 1.51. The van der Waals surface area contributed by atoms with Gasteiger partial charge in [0, 0.05) is 5.56 Å². The minimum atomic E-state index is -1.07. The van der Waals surface area contributed by atoms with Gasteiger partial charge in [-0.1, -0.05) is 18.2 Å². The van der Waals surface area contributed by atoms with Gasteiger partial charge in [-0.15, -0.1) is 0 Å². The smallest absolute Gasteiger partial charge is 0.341 e. The number of carboxylic acids is 1. The molecule has 1 aromatic carbocycles. The molecule has 1 amide bonds. The van der Waals surface area contributed by atoms with Crippen molar-refractivity contribution in [1.29, 1.82) is 0 Å². The third-order valence-electron chi connectivity index (χ3n) is 2.29. The van der Waals surface area contributed by atoms with Gasteiger partial charge in [0.25, 0.3) is 5.91 Å². The third-order valence-corrected chi connectivity index (χ3v) is 2.49. The van der Waals surface area contributed by atoms with Gasteiger partial charge in [-0.2, -0.15) is 0 Å². The van der Waals surface area contributed by atoms with Gasteiger partial charge in [0.05, 0.1) is 0 Å². The second kappa shape index (κ2) is 5.49. The normalized spacial score (nSPS) is 16.1. The number of hydrogen-bond donors (Lipinski definition) is 3. The average molecular weight is 278 g/mol. The molecule has 0 saturated carbocycles.